The Morgan fingerprint density at radius 2 is 2.38 bits per heavy atom. The second-order valence-corrected chi connectivity index (χ2v) is 3.80. The molecule has 1 unspecified atom stereocenters. The fourth-order valence-electron chi connectivity index (χ4n) is 1.39. The zero-order valence-electron chi connectivity index (χ0n) is 6.58. The van der Waals surface area contributed by atoms with Crippen molar-refractivity contribution in [1.29, 1.82) is 0 Å². The molecule has 0 bridgehead atoms. The van der Waals surface area contributed by atoms with Crippen LogP contribution in [-0.4, -0.2) is 30.4 Å². The summed E-state index contributed by atoms with van der Waals surface area (Å²) in [5.41, 5.74) is 0.782. The van der Waals surface area contributed by atoms with Gasteiger partial charge in [0.15, 0.2) is 5.82 Å². The summed E-state index contributed by atoms with van der Waals surface area (Å²) in [5.74, 6) is 1.31. The Balaban J connectivity index is 2.33. The van der Waals surface area contributed by atoms with E-state index in [4.69, 9.17) is 0 Å². The summed E-state index contributed by atoms with van der Waals surface area (Å²) in [6.45, 7) is 0. The van der Waals surface area contributed by atoms with Crippen molar-refractivity contribution in [3.63, 3.8) is 0 Å². The van der Waals surface area contributed by atoms with Gasteiger partial charge in [0.25, 0.3) is 0 Å². The Hall–Kier alpha value is -1.14. The van der Waals surface area contributed by atoms with E-state index in [9.17, 15) is 5.11 Å². The van der Waals surface area contributed by atoms with Crippen molar-refractivity contribution in [2.45, 2.75) is 11.3 Å². The maximum atomic E-state index is 9.53. The second-order valence-electron chi connectivity index (χ2n) is 2.79. The molecule has 0 aliphatic carbocycles. The molecule has 0 aromatic heterocycles. The monoisotopic (exact) mass is 194 g/mol. The van der Waals surface area contributed by atoms with E-state index in [1.165, 1.54) is 6.33 Å². The molecule has 0 aromatic carbocycles. The third kappa shape index (κ3) is 0.895. The average Bonchev–Trinajstić information content (AvgIpc) is 2.70. The molecular formula is C7H6N4OS. The second kappa shape index (κ2) is 2.43. The third-order valence-corrected chi connectivity index (χ3v) is 3.15. The minimum Gasteiger partial charge on any atom is -0.372 e. The fourth-order valence-corrected chi connectivity index (χ4v) is 2.45. The molecule has 66 valence electrons. The van der Waals surface area contributed by atoms with Crippen LogP contribution in [-0.2, 0) is 0 Å². The first-order valence-electron chi connectivity index (χ1n) is 3.84. The topological polar surface area (TPSA) is 63.8 Å². The highest BCUT2D eigenvalue weighted by molar-refractivity contribution is 7.99. The minimum atomic E-state index is -0.478. The van der Waals surface area contributed by atoms with Crippen LogP contribution in [0.4, 0.5) is 0 Å². The van der Waals surface area contributed by atoms with Gasteiger partial charge >= 0.3 is 0 Å². The Bertz CT molecular complexity index is 429. The Morgan fingerprint density at radius 1 is 1.46 bits per heavy atom. The van der Waals surface area contributed by atoms with Crippen molar-refractivity contribution in [3.05, 3.63) is 12.7 Å². The van der Waals surface area contributed by atoms with Gasteiger partial charge in [-0.05, 0) is 0 Å². The van der Waals surface area contributed by atoms with Gasteiger partial charge < -0.3 is 5.11 Å². The number of nitrogens with zero attached hydrogens (tertiary/aromatic N) is 4. The zero-order chi connectivity index (χ0) is 8.84. The normalized spacial score (nSPS) is 20.8. The van der Waals surface area contributed by atoms with E-state index in [0.717, 1.165) is 10.7 Å². The molecule has 0 spiro atoms. The molecule has 6 heteroatoms. The fraction of sp³-hybridized carbons (Fsp3) is 0.286. The summed E-state index contributed by atoms with van der Waals surface area (Å²) < 4.78 is 1.72. The molecule has 0 aromatic rings. The molecule has 5 nitrogen and oxygen atoms in total. The van der Waals surface area contributed by atoms with Gasteiger partial charge in [0, 0.05) is 5.75 Å². The van der Waals surface area contributed by atoms with Crippen LogP contribution < -0.4 is 0 Å². The summed E-state index contributed by atoms with van der Waals surface area (Å²) in [7, 11) is 0. The van der Waals surface area contributed by atoms with E-state index in [0.29, 0.717) is 11.6 Å². The number of aromatic nitrogens is 4. The number of aliphatic hydroxyl groups is 1. The quantitative estimate of drug-likeness (QED) is 0.614. The van der Waals surface area contributed by atoms with Crippen LogP contribution >= 0.6 is 11.8 Å². The van der Waals surface area contributed by atoms with Crippen LogP contribution in [0.2, 0.25) is 0 Å². The van der Waals surface area contributed by atoms with Gasteiger partial charge in [-0.1, -0.05) is 0 Å². The molecule has 3 aliphatic rings. The largest absolute Gasteiger partial charge is 0.372 e. The molecule has 3 aliphatic heterocycles. The van der Waals surface area contributed by atoms with Crippen LogP contribution in [0.15, 0.2) is 17.7 Å². The SMILES string of the molecule is OC1CSc2c3ncnc-3ncn21. The van der Waals surface area contributed by atoms with Gasteiger partial charge in [0.05, 0.1) is 0 Å². The molecule has 3 heterocycles. The van der Waals surface area contributed by atoms with Crippen LogP contribution in [0.3, 0.4) is 0 Å². The van der Waals surface area contributed by atoms with E-state index in [1.807, 2.05) is 0 Å². The molecule has 1 N–H and O–H groups in total. The number of rotatable bonds is 0. The number of imidazole rings is 1. The lowest BCUT2D eigenvalue weighted by molar-refractivity contribution is 0.125. The van der Waals surface area contributed by atoms with Gasteiger partial charge in [0.2, 0.25) is 0 Å². The Kier molecular flexibility index (Phi) is 1.36. The summed E-state index contributed by atoms with van der Waals surface area (Å²) in [6.07, 6.45) is 2.62. The summed E-state index contributed by atoms with van der Waals surface area (Å²) in [4.78, 5) is 12.2. The van der Waals surface area contributed by atoms with E-state index in [2.05, 4.69) is 15.0 Å². The zero-order valence-corrected chi connectivity index (χ0v) is 7.40. The summed E-state index contributed by atoms with van der Waals surface area (Å²) in [6, 6.07) is 0. The summed E-state index contributed by atoms with van der Waals surface area (Å²) in [5, 5.41) is 10.5. The maximum Gasteiger partial charge on any atom is 0.183 e. The van der Waals surface area contributed by atoms with Crippen molar-refractivity contribution in [1.82, 2.24) is 19.5 Å². The molecule has 0 amide bonds. The van der Waals surface area contributed by atoms with Crippen LogP contribution in [0.25, 0.3) is 11.5 Å². The first-order valence-corrected chi connectivity index (χ1v) is 4.83. The van der Waals surface area contributed by atoms with Crippen LogP contribution in [0.1, 0.15) is 6.23 Å². The lowest BCUT2D eigenvalue weighted by Crippen LogP contribution is -2.07. The van der Waals surface area contributed by atoms with Crippen LogP contribution in [0, 0.1) is 0 Å². The van der Waals surface area contributed by atoms with E-state index in [1.54, 1.807) is 22.7 Å². The molecule has 1 atom stereocenters. The Labute approximate surface area is 78.2 Å². The highest BCUT2D eigenvalue weighted by atomic mass is 32.2. The van der Waals surface area contributed by atoms with E-state index >= 15 is 0 Å². The van der Waals surface area contributed by atoms with Crippen molar-refractivity contribution >= 4 is 11.8 Å². The number of hydrogen-bond acceptors (Lipinski definition) is 5. The van der Waals surface area contributed by atoms with Crippen molar-refractivity contribution in [3.8, 4) is 11.5 Å². The molecule has 0 radical (unpaired) electrons. The van der Waals surface area contributed by atoms with Gasteiger partial charge in [-0.2, -0.15) is 0 Å². The number of hydrogen-bond donors (Lipinski definition) is 1. The predicted molar refractivity (Wildman–Crippen MR) is 46.4 cm³/mol. The standard InChI is InChI=1S/C7H6N4OS/c12-4-1-13-7-5-6(9-2-8-5)10-3-11(4)7/h2-4,12H,1H2. The van der Waals surface area contributed by atoms with E-state index in [-0.39, 0.29) is 0 Å². The van der Waals surface area contributed by atoms with Gasteiger partial charge in [0.1, 0.15) is 29.6 Å². The lowest BCUT2D eigenvalue weighted by Gasteiger charge is -2.08. The lowest BCUT2D eigenvalue weighted by atomic mass is 10.4. The average molecular weight is 194 g/mol. The third-order valence-electron chi connectivity index (χ3n) is 2.01. The van der Waals surface area contributed by atoms with Gasteiger partial charge in [-0.15, -0.1) is 11.8 Å². The maximum absolute atomic E-state index is 9.53. The van der Waals surface area contributed by atoms with Gasteiger partial charge in [-0.3, -0.25) is 4.57 Å². The summed E-state index contributed by atoms with van der Waals surface area (Å²) >= 11 is 1.58. The van der Waals surface area contributed by atoms with Crippen molar-refractivity contribution in [2.75, 3.05) is 5.75 Å². The number of aliphatic hydroxyl groups excluding tert-OH is 1. The minimum absolute atomic E-state index is 0.478. The highest BCUT2D eigenvalue weighted by Gasteiger charge is 2.25. The van der Waals surface area contributed by atoms with Crippen molar-refractivity contribution in [2.24, 2.45) is 0 Å². The van der Waals surface area contributed by atoms with Gasteiger partial charge in [-0.25, -0.2) is 15.0 Å². The number of thioether (sulfide) groups is 1. The predicted octanol–water partition coefficient (Wildman–Crippen LogP) is 0.374. The molecule has 0 saturated heterocycles. The Morgan fingerprint density at radius 3 is 3.31 bits per heavy atom. The molecule has 0 saturated carbocycles. The molecular weight excluding hydrogens is 188 g/mol. The highest BCUT2D eigenvalue weighted by Crippen LogP contribution is 2.37. The molecule has 0 fully saturated rings. The molecule has 13 heavy (non-hydrogen) atoms. The molecule has 3 rings (SSSR count). The smallest absolute Gasteiger partial charge is 0.183 e. The first-order chi connectivity index (χ1) is 6.36. The first kappa shape index (κ1) is 7.28. The van der Waals surface area contributed by atoms with Crippen molar-refractivity contribution < 1.29 is 5.11 Å². The van der Waals surface area contributed by atoms with E-state index < -0.39 is 6.23 Å². The number of fused-ring (bicyclic) bond motifs is 3. The van der Waals surface area contributed by atoms with Crippen LogP contribution in [0.5, 0.6) is 0 Å².